The maximum Gasteiger partial charge on any atom is 0.250 e. The summed E-state index contributed by atoms with van der Waals surface area (Å²) in [6, 6.07) is 9.40. The monoisotopic (exact) mass is 324 g/mol. The molecule has 0 unspecified atom stereocenters. The summed E-state index contributed by atoms with van der Waals surface area (Å²) >= 11 is 8.84. The molecule has 0 saturated carbocycles. The fraction of sp³-hybridized carbons (Fsp3) is 0.143. The van der Waals surface area contributed by atoms with Crippen LogP contribution in [-0.4, -0.2) is 17.9 Å². The number of hydrazone groups is 1. The Balaban J connectivity index is 1.77. The predicted molar refractivity (Wildman–Crippen MR) is 87.0 cm³/mol. The van der Waals surface area contributed by atoms with Crippen molar-refractivity contribution in [1.82, 2.24) is 5.43 Å². The number of benzene rings is 1. The molecule has 1 aromatic heterocycles. The molecule has 1 amide bonds. The van der Waals surface area contributed by atoms with Gasteiger partial charge in [-0.2, -0.15) is 5.10 Å². The van der Waals surface area contributed by atoms with Crippen molar-refractivity contribution in [3.8, 4) is 0 Å². The minimum absolute atomic E-state index is 0.129. The van der Waals surface area contributed by atoms with Gasteiger partial charge in [0.25, 0.3) is 0 Å². The van der Waals surface area contributed by atoms with E-state index in [2.05, 4.69) is 10.5 Å². The summed E-state index contributed by atoms with van der Waals surface area (Å²) in [6.07, 6.45) is 1.67. The quantitative estimate of drug-likeness (QED) is 0.514. The van der Waals surface area contributed by atoms with Gasteiger partial charge in [-0.25, -0.2) is 5.43 Å². The zero-order valence-corrected chi connectivity index (χ0v) is 13.2. The molecule has 0 fully saturated rings. The van der Waals surface area contributed by atoms with E-state index >= 15 is 0 Å². The normalized spacial score (nSPS) is 10.9. The number of rotatable bonds is 5. The van der Waals surface area contributed by atoms with E-state index in [-0.39, 0.29) is 5.91 Å². The molecule has 1 N–H and O–H groups in total. The molecule has 0 aliphatic heterocycles. The first-order valence-corrected chi connectivity index (χ1v) is 8.14. The van der Waals surface area contributed by atoms with Crippen LogP contribution in [-0.2, 0) is 4.79 Å². The first-order valence-electron chi connectivity index (χ1n) is 5.89. The number of halogens is 1. The Morgan fingerprint density at radius 2 is 2.15 bits per heavy atom. The third-order valence-electron chi connectivity index (χ3n) is 2.46. The molecule has 0 atom stereocenters. The Morgan fingerprint density at radius 3 is 2.80 bits per heavy atom. The van der Waals surface area contributed by atoms with Gasteiger partial charge >= 0.3 is 0 Å². The van der Waals surface area contributed by atoms with Gasteiger partial charge in [-0.1, -0.05) is 11.6 Å². The number of thiophene rings is 1. The molecule has 104 valence electrons. The Bertz CT molecular complexity index is 608. The number of amides is 1. The van der Waals surface area contributed by atoms with Crippen molar-refractivity contribution >= 4 is 46.8 Å². The van der Waals surface area contributed by atoms with Crippen molar-refractivity contribution < 1.29 is 4.79 Å². The molecular formula is C14H13ClN2OS2. The van der Waals surface area contributed by atoms with Gasteiger partial charge in [0, 0.05) is 14.8 Å². The molecule has 0 radical (unpaired) electrons. The van der Waals surface area contributed by atoms with Crippen LogP contribution in [0.2, 0.25) is 5.02 Å². The van der Waals surface area contributed by atoms with Crippen LogP contribution < -0.4 is 5.43 Å². The standard InChI is InChI=1S/C14H13ClN2OS2/c1-10-6-7-19-13(10)8-16-17-14(18)9-20-12-4-2-11(15)3-5-12/h2-8H,9H2,1H3,(H,17,18)/b16-8+. The van der Waals surface area contributed by atoms with E-state index < -0.39 is 0 Å². The van der Waals surface area contributed by atoms with Gasteiger partial charge in [-0.3, -0.25) is 4.79 Å². The second-order valence-corrected chi connectivity index (χ2v) is 6.44. The van der Waals surface area contributed by atoms with E-state index in [0.29, 0.717) is 10.8 Å². The topological polar surface area (TPSA) is 41.5 Å². The molecular weight excluding hydrogens is 312 g/mol. The number of aryl methyl sites for hydroxylation is 1. The molecule has 2 aromatic rings. The van der Waals surface area contributed by atoms with E-state index in [9.17, 15) is 4.79 Å². The van der Waals surface area contributed by atoms with E-state index in [1.165, 1.54) is 11.8 Å². The molecule has 0 saturated heterocycles. The van der Waals surface area contributed by atoms with Crippen LogP contribution in [0.3, 0.4) is 0 Å². The highest BCUT2D eigenvalue weighted by molar-refractivity contribution is 8.00. The number of nitrogens with zero attached hydrogens (tertiary/aromatic N) is 1. The zero-order valence-electron chi connectivity index (χ0n) is 10.8. The first kappa shape index (κ1) is 15.1. The van der Waals surface area contributed by atoms with Crippen molar-refractivity contribution in [2.24, 2.45) is 5.10 Å². The van der Waals surface area contributed by atoms with Gasteiger partial charge in [0.2, 0.25) is 5.91 Å². The highest BCUT2D eigenvalue weighted by Crippen LogP contribution is 2.19. The van der Waals surface area contributed by atoms with Crippen LogP contribution in [0.15, 0.2) is 45.7 Å². The fourth-order valence-electron chi connectivity index (χ4n) is 1.39. The minimum Gasteiger partial charge on any atom is -0.272 e. The summed E-state index contributed by atoms with van der Waals surface area (Å²) in [5.41, 5.74) is 3.68. The summed E-state index contributed by atoms with van der Waals surface area (Å²) in [6.45, 7) is 2.01. The van der Waals surface area contributed by atoms with Gasteiger partial charge in [-0.05, 0) is 48.2 Å². The average molecular weight is 325 g/mol. The van der Waals surface area contributed by atoms with E-state index in [1.807, 2.05) is 30.5 Å². The Hall–Kier alpha value is -1.30. The highest BCUT2D eigenvalue weighted by atomic mass is 35.5. The van der Waals surface area contributed by atoms with Crippen LogP contribution in [0.25, 0.3) is 0 Å². The van der Waals surface area contributed by atoms with Crippen LogP contribution in [0, 0.1) is 6.92 Å². The lowest BCUT2D eigenvalue weighted by molar-refractivity contribution is -0.118. The molecule has 1 heterocycles. The summed E-state index contributed by atoms with van der Waals surface area (Å²) in [4.78, 5) is 13.7. The third kappa shape index (κ3) is 4.67. The molecule has 1 aromatic carbocycles. The second-order valence-electron chi connectivity index (χ2n) is 4.00. The SMILES string of the molecule is Cc1ccsc1/C=N/NC(=O)CSc1ccc(Cl)cc1. The Kier molecular flexibility index (Phi) is 5.64. The molecule has 20 heavy (non-hydrogen) atoms. The smallest absolute Gasteiger partial charge is 0.250 e. The fourth-order valence-corrected chi connectivity index (χ4v) is 2.99. The van der Waals surface area contributed by atoms with E-state index in [1.54, 1.807) is 29.7 Å². The van der Waals surface area contributed by atoms with Crippen LogP contribution in [0.4, 0.5) is 0 Å². The van der Waals surface area contributed by atoms with Gasteiger partial charge in [0.15, 0.2) is 0 Å². The Labute approximate surface area is 131 Å². The van der Waals surface area contributed by atoms with Crippen LogP contribution >= 0.6 is 34.7 Å². The van der Waals surface area contributed by atoms with Gasteiger partial charge < -0.3 is 0 Å². The molecule has 3 nitrogen and oxygen atoms in total. The number of carbonyl (C=O) groups excluding carboxylic acids is 1. The minimum atomic E-state index is -0.129. The lowest BCUT2D eigenvalue weighted by atomic mass is 10.3. The van der Waals surface area contributed by atoms with Crippen LogP contribution in [0.5, 0.6) is 0 Å². The van der Waals surface area contributed by atoms with Gasteiger partial charge in [0.1, 0.15) is 0 Å². The number of hydrogen-bond acceptors (Lipinski definition) is 4. The molecule has 2 rings (SSSR count). The summed E-state index contributed by atoms with van der Waals surface area (Å²) in [5, 5.41) is 6.64. The van der Waals surface area contributed by atoms with Crippen molar-refractivity contribution in [2.75, 3.05) is 5.75 Å². The largest absolute Gasteiger partial charge is 0.272 e. The Morgan fingerprint density at radius 1 is 1.40 bits per heavy atom. The number of hydrogen-bond donors (Lipinski definition) is 1. The third-order valence-corrected chi connectivity index (χ3v) is 4.67. The molecule has 0 aliphatic carbocycles. The van der Waals surface area contributed by atoms with Crippen molar-refractivity contribution in [3.05, 3.63) is 51.2 Å². The molecule has 0 spiro atoms. The maximum absolute atomic E-state index is 11.6. The molecule has 6 heteroatoms. The number of nitrogens with one attached hydrogen (secondary N) is 1. The first-order chi connectivity index (χ1) is 9.65. The molecule has 0 aliphatic rings. The van der Waals surface area contributed by atoms with Crippen molar-refractivity contribution in [2.45, 2.75) is 11.8 Å². The number of carbonyl (C=O) groups is 1. The van der Waals surface area contributed by atoms with Crippen molar-refractivity contribution in [1.29, 1.82) is 0 Å². The maximum atomic E-state index is 11.6. The molecule has 0 bridgehead atoms. The zero-order chi connectivity index (χ0) is 14.4. The lowest BCUT2D eigenvalue weighted by Gasteiger charge is -2.01. The second kappa shape index (κ2) is 7.47. The lowest BCUT2D eigenvalue weighted by Crippen LogP contribution is -2.19. The summed E-state index contributed by atoms with van der Waals surface area (Å²) in [7, 11) is 0. The van der Waals surface area contributed by atoms with Crippen LogP contribution in [0.1, 0.15) is 10.4 Å². The van der Waals surface area contributed by atoms with E-state index in [0.717, 1.165) is 15.3 Å². The van der Waals surface area contributed by atoms with Crippen molar-refractivity contribution in [3.63, 3.8) is 0 Å². The van der Waals surface area contributed by atoms with Gasteiger partial charge in [-0.15, -0.1) is 23.1 Å². The van der Waals surface area contributed by atoms with E-state index in [4.69, 9.17) is 11.6 Å². The highest BCUT2D eigenvalue weighted by Gasteiger charge is 2.02. The average Bonchev–Trinajstić information content (AvgIpc) is 2.84. The summed E-state index contributed by atoms with van der Waals surface area (Å²) in [5.74, 6) is 0.193. The predicted octanol–water partition coefficient (Wildman–Crippen LogP) is 3.95. The number of thioether (sulfide) groups is 1. The van der Waals surface area contributed by atoms with Gasteiger partial charge in [0.05, 0.1) is 12.0 Å². The summed E-state index contributed by atoms with van der Waals surface area (Å²) < 4.78 is 0.